The largest absolute Gasteiger partial charge is 0.498 e. The van der Waals surface area contributed by atoms with Crippen molar-refractivity contribution in [2.24, 2.45) is 0 Å². The molecular formula is C11H13BO4. The molecule has 0 amide bonds. The Morgan fingerprint density at radius 3 is 3.19 bits per heavy atom. The minimum Gasteiger partial charge on any atom is -0.491 e. The molecule has 0 aliphatic carbocycles. The third-order valence-corrected chi connectivity index (χ3v) is 3.11. The van der Waals surface area contributed by atoms with Gasteiger partial charge in [0.25, 0.3) is 0 Å². The van der Waals surface area contributed by atoms with Gasteiger partial charge in [0.15, 0.2) is 0 Å². The van der Waals surface area contributed by atoms with E-state index in [1.165, 1.54) is 5.56 Å². The number of ether oxygens (including phenoxy) is 1. The molecule has 1 aromatic carbocycles. The summed E-state index contributed by atoms with van der Waals surface area (Å²) in [5.41, 5.74) is 3.34. The summed E-state index contributed by atoms with van der Waals surface area (Å²) >= 11 is 0. The number of aliphatic hydroxyl groups excluding tert-OH is 1. The number of hydrogen-bond donors (Lipinski definition) is 1. The lowest BCUT2D eigenvalue weighted by atomic mass is 9.77. The Balaban J connectivity index is 2.05. The van der Waals surface area contributed by atoms with Crippen molar-refractivity contribution < 1.29 is 19.2 Å². The van der Waals surface area contributed by atoms with Crippen molar-refractivity contribution in [3.05, 3.63) is 23.3 Å². The molecule has 0 spiro atoms. The highest BCUT2D eigenvalue weighted by Crippen LogP contribution is 2.25. The maximum Gasteiger partial charge on any atom is 0.498 e. The highest BCUT2D eigenvalue weighted by atomic mass is 16.6. The molecule has 4 nitrogen and oxygen atoms in total. The lowest BCUT2D eigenvalue weighted by molar-refractivity contribution is 0.0570. The molecule has 0 aromatic heterocycles. The molecule has 1 unspecified atom stereocenters. The zero-order valence-corrected chi connectivity index (χ0v) is 9.10. The Hall–Kier alpha value is -1.04. The number of hydrogen-bond acceptors (Lipinski definition) is 4. The summed E-state index contributed by atoms with van der Waals surface area (Å²) in [6, 6.07) is 3.97. The molecule has 2 aliphatic heterocycles. The molecule has 5 heteroatoms. The van der Waals surface area contributed by atoms with Gasteiger partial charge in [-0.2, -0.15) is 0 Å². The van der Waals surface area contributed by atoms with Crippen molar-refractivity contribution in [3.63, 3.8) is 0 Å². The van der Waals surface area contributed by atoms with Gasteiger partial charge >= 0.3 is 7.12 Å². The highest BCUT2D eigenvalue weighted by molar-refractivity contribution is 6.64. The Bertz CT molecular complexity index is 421. The fraction of sp³-hybridized carbons (Fsp3) is 0.455. The van der Waals surface area contributed by atoms with Crippen LogP contribution in [-0.2, 0) is 15.9 Å². The van der Waals surface area contributed by atoms with E-state index in [-0.39, 0.29) is 19.8 Å². The number of rotatable bonds is 1. The molecule has 1 atom stereocenters. The monoisotopic (exact) mass is 220 g/mol. The molecule has 0 saturated carbocycles. The van der Waals surface area contributed by atoms with Crippen LogP contribution in [0.1, 0.15) is 11.1 Å². The third kappa shape index (κ3) is 1.43. The van der Waals surface area contributed by atoms with Gasteiger partial charge in [0.05, 0.1) is 13.2 Å². The highest BCUT2D eigenvalue weighted by Gasteiger charge is 2.39. The second-order valence-electron chi connectivity index (χ2n) is 4.17. The van der Waals surface area contributed by atoms with Gasteiger partial charge in [0.1, 0.15) is 18.5 Å². The first-order chi connectivity index (χ1) is 7.79. The van der Waals surface area contributed by atoms with Crippen LogP contribution in [0.2, 0.25) is 0 Å². The van der Waals surface area contributed by atoms with Gasteiger partial charge in [-0.05, 0) is 24.1 Å². The lowest BCUT2D eigenvalue weighted by Gasteiger charge is -2.13. The van der Waals surface area contributed by atoms with Crippen molar-refractivity contribution in [2.75, 3.05) is 13.2 Å². The maximum absolute atomic E-state index is 9.12. The van der Waals surface area contributed by atoms with E-state index in [1.807, 2.05) is 12.1 Å². The van der Waals surface area contributed by atoms with Crippen LogP contribution in [0, 0.1) is 6.92 Å². The van der Waals surface area contributed by atoms with Gasteiger partial charge in [-0.15, -0.1) is 0 Å². The Kier molecular flexibility index (Phi) is 2.39. The fourth-order valence-corrected chi connectivity index (χ4v) is 2.17. The second kappa shape index (κ2) is 3.77. The van der Waals surface area contributed by atoms with Gasteiger partial charge < -0.3 is 19.2 Å². The van der Waals surface area contributed by atoms with Crippen LogP contribution in [-0.4, -0.2) is 31.5 Å². The van der Waals surface area contributed by atoms with E-state index in [0.717, 1.165) is 16.8 Å². The van der Waals surface area contributed by atoms with Gasteiger partial charge in [0, 0.05) is 5.46 Å². The second-order valence-corrected chi connectivity index (χ2v) is 4.17. The minimum absolute atomic E-state index is 0.0534. The molecule has 16 heavy (non-hydrogen) atoms. The first-order valence-corrected chi connectivity index (χ1v) is 5.42. The van der Waals surface area contributed by atoms with Crippen LogP contribution in [0.5, 0.6) is 5.75 Å². The molecule has 0 fully saturated rings. The Morgan fingerprint density at radius 2 is 2.38 bits per heavy atom. The molecular weight excluding hydrogens is 207 g/mol. The molecule has 1 aromatic rings. The SMILES string of the molecule is Cc1ccc2c3c1COB3OC(CO)CO2. The van der Waals surface area contributed by atoms with E-state index in [1.54, 1.807) is 0 Å². The summed E-state index contributed by atoms with van der Waals surface area (Å²) in [5, 5.41) is 9.12. The summed E-state index contributed by atoms with van der Waals surface area (Å²) in [7, 11) is -0.385. The van der Waals surface area contributed by atoms with Crippen LogP contribution in [0.4, 0.5) is 0 Å². The fourth-order valence-electron chi connectivity index (χ4n) is 2.17. The third-order valence-electron chi connectivity index (χ3n) is 3.11. The smallest absolute Gasteiger partial charge is 0.491 e. The topological polar surface area (TPSA) is 47.9 Å². The predicted octanol–water partition coefficient (Wildman–Crippen LogP) is -0.00968. The molecule has 0 radical (unpaired) electrons. The summed E-state index contributed by atoms with van der Waals surface area (Å²) in [4.78, 5) is 0. The predicted molar refractivity (Wildman–Crippen MR) is 58.8 cm³/mol. The maximum atomic E-state index is 9.12. The molecule has 0 saturated heterocycles. The first-order valence-electron chi connectivity index (χ1n) is 5.42. The van der Waals surface area contributed by atoms with Crippen molar-refractivity contribution in [1.29, 1.82) is 0 Å². The normalized spacial score (nSPS) is 22.6. The molecule has 2 aliphatic rings. The van der Waals surface area contributed by atoms with Crippen LogP contribution in [0.3, 0.4) is 0 Å². The van der Waals surface area contributed by atoms with Crippen molar-refractivity contribution in [1.82, 2.24) is 0 Å². The van der Waals surface area contributed by atoms with E-state index < -0.39 is 0 Å². The Morgan fingerprint density at radius 1 is 1.50 bits per heavy atom. The van der Waals surface area contributed by atoms with E-state index in [2.05, 4.69) is 6.92 Å². The first kappa shape index (κ1) is 10.1. The van der Waals surface area contributed by atoms with E-state index in [9.17, 15) is 0 Å². The summed E-state index contributed by atoms with van der Waals surface area (Å²) in [6.07, 6.45) is -0.316. The number of aliphatic hydroxyl groups is 1. The molecule has 1 N–H and O–H groups in total. The summed E-state index contributed by atoms with van der Waals surface area (Å²) in [6.45, 7) is 2.92. The average molecular weight is 220 g/mol. The zero-order chi connectivity index (χ0) is 11.1. The standard InChI is InChI=1S/C11H13BO4/c1-7-2-3-10-11-9(7)6-15-12(11)16-8(4-13)5-14-10/h2-3,8,13H,4-6H2,1H3. The summed E-state index contributed by atoms with van der Waals surface area (Å²) in [5.74, 6) is 0.819. The zero-order valence-electron chi connectivity index (χ0n) is 9.10. The van der Waals surface area contributed by atoms with Gasteiger partial charge in [-0.3, -0.25) is 0 Å². The van der Waals surface area contributed by atoms with Crippen LogP contribution < -0.4 is 10.2 Å². The van der Waals surface area contributed by atoms with Crippen LogP contribution in [0.25, 0.3) is 0 Å². The average Bonchev–Trinajstić information content (AvgIpc) is 2.63. The molecule has 0 bridgehead atoms. The van der Waals surface area contributed by atoms with E-state index in [4.69, 9.17) is 19.2 Å². The lowest BCUT2D eigenvalue weighted by Crippen LogP contribution is -2.36. The van der Waals surface area contributed by atoms with E-state index >= 15 is 0 Å². The Labute approximate surface area is 94.3 Å². The van der Waals surface area contributed by atoms with Crippen LogP contribution in [0.15, 0.2) is 12.1 Å². The van der Waals surface area contributed by atoms with Crippen LogP contribution >= 0.6 is 0 Å². The molecule has 84 valence electrons. The number of aryl methyl sites for hydroxylation is 1. The van der Waals surface area contributed by atoms with Crippen molar-refractivity contribution in [3.8, 4) is 5.75 Å². The van der Waals surface area contributed by atoms with Crippen molar-refractivity contribution >= 4 is 12.6 Å². The van der Waals surface area contributed by atoms with Gasteiger partial charge in [0.2, 0.25) is 0 Å². The van der Waals surface area contributed by atoms with Gasteiger partial charge in [-0.1, -0.05) is 6.07 Å². The van der Waals surface area contributed by atoms with Gasteiger partial charge in [-0.25, -0.2) is 0 Å². The molecule has 2 heterocycles. The number of benzene rings is 1. The summed E-state index contributed by atoms with van der Waals surface area (Å²) < 4.78 is 16.9. The molecule has 3 rings (SSSR count). The minimum atomic E-state index is -0.385. The van der Waals surface area contributed by atoms with E-state index in [0.29, 0.717) is 13.2 Å². The van der Waals surface area contributed by atoms with Crippen molar-refractivity contribution in [2.45, 2.75) is 19.6 Å². The quantitative estimate of drug-likeness (QED) is 0.676.